The van der Waals surface area contributed by atoms with E-state index < -0.39 is 0 Å². The van der Waals surface area contributed by atoms with Crippen LogP contribution in [0.1, 0.15) is 56.0 Å². The van der Waals surface area contributed by atoms with Crippen LogP contribution in [-0.2, 0) is 4.79 Å². The number of nitrogens with one attached hydrogen (secondary N) is 1. The molecule has 4 heteroatoms. The quantitative estimate of drug-likeness (QED) is 0.550. The van der Waals surface area contributed by atoms with Crippen molar-refractivity contribution < 1.29 is 4.79 Å². The predicted molar refractivity (Wildman–Crippen MR) is 82.3 cm³/mol. The van der Waals surface area contributed by atoms with Crippen molar-refractivity contribution in [1.82, 2.24) is 10.3 Å². The molecule has 0 aliphatic carbocycles. The second-order valence-electron chi connectivity index (χ2n) is 4.69. The summed E-state index contributed by atoms with van der Waals surface area (Å²) in [7, 11) is 0. The van der Waals surface area contributed by atoms with Gasteiger partial charge in [0.25, 0.3) is 0 Å². The zero-order chi connectivity index (χ0) is 13.9. The molecule has 0 spiro atoms. The number of aryl methyl sites for hydroxylation is 1. The van der Waals surface area contributed by atoms with Crippen LogP contribution in [0.15, 0.2) is 11.6 Å². The lowest BCUT2D eigenvalue weighted by Crippen LogP contribution is -2.21. The first-order chi connectivity index (χ1) is 9.24. The number of rotatable bonds is 9. The number of carbonyl (C=O) groups is 1. The number of carbonyl (C=O) groups excluding carboxylic acids is 1. The molecule has 0 aliphatic rings. The third-order valence-corrected chi connectivity index (χ3v) is 3.89. The minimum Gasteiger partial charge on any atom is -0.353 e. The maximum absolute atomic E-state index is 11.6. The van der Waals surface area contributed by atoms with Crippen LogP contribution >= 0.6 is 11.3 Å². The fraction of sp³-hybridized carbons (Fsp3) is 0.600. The predicted octanol–water partition coefficient (Wildman–Crippen LogP) is 3.94. The van der Waals surface area contributed by atoms with Crippen molar-refractivity contribution in [3.05, 3.63) is 22.2 Å². The molecule has 0 bridgehead atoms. The molecule has 1 N–H and O–H groups in total. The van der Waals surface area contributed by atoms with Crippen LogP contribution in [0.2, 0.25) is 0 Å². The second-order valence-corrected chi connectivity index (χ2v) is 5.58. The maximum atomic E-state index is 11.6. The summed E-state index contributed by atoms with van der Waals surface area (Å²) in [5.74, 6) is -0.0126. The van der Waals surface area contributed by atoms with Crippen molar-refractivity contribution in [1.29, 1.82) is 0 Å². The van der Waals surface area contributed by atoms with Gasteiger partial charge in [0.15, 0.2) is 0 Å². The van der Waals surface area contributed by atoms with Crippen LogP contribution in [-0.4, -0.2) is 17.4 Å². The number of hydrogen-bond acceptors (Lipinski definition) is 3. The van der Waals surface area contributed by atoms with E-state index >= 15 is 0 Å². The normalized spacial score (nSPS) is 11.1. The maximum Gasteiger partial charge on any atom is 0.244 e. The molecule has 0 saturated carbocycles. The van der Waals surface area contributed by atoms with Gasteiger partial charge in [-0.05, 0) is 19.4 Å². The molecular weight excluding hydrogens is 256 g/mol. The van der Waals surface area contributed by atoms with Gasteiger partial charge in [-0.15, -0.1) is 11.3 Å². The summed E-state index contributed by atoms with van der Waals surface area (Å²) in [5, 5.41) is 2.91. The molecule has 0 saturated heterocycles. The number of amides is 1. The van der Waals surface area contributed by atoms with E-state index in [-0.39, 0.29) is 5.91 Å². The van der Waals surface area contributed by atoms with Gasteiger partial charge in [-0.25, -0.2) is 4.98 Å². The third kappa shape index (κ3) is 7.11. The van der Waals surface area contributed by atoms with Crippen LogP contribution in [0.3, 0.4) is 0 Å². The highest BCUT2D eigenvalue weighted by Crippen LogP contribution is 2.13. The average molecular weight is 280 g/mol. The summed E-state index contributed by atoms with van der Waals surface area (Å²) in [6.07, 6.45) is 10.9. The number of nitrogens with zero attached hydrogens (tertiary/aromatic N) is 1. The van der Waals surface area contributed by atoms with Crippen LogP contribution in [0.4, 0.5) is 0 Å². The Labute approximate surface area is 120 Å². The van der Waals surface area contributed by atoms with E-state index in [0.29, 0.717) is 0 Å². The van der Waals surface area contributed by atoms with E-state index in [4.69, 9.17) is 0 Å². The molecule has 1 amide bonds. The van der Waals surface area contributed by atoms with Gasteiger partial charge < -0.3 is 5.32 Å². The van der Waals surface area contributed by atoms with Gasteiger partial charge in [0.05, 0.1) is 11.2 Å². The van der Waals surface area contributed by atoms with Gasteiger partial charge in [0.1, 0.15) is 0 Å². The molecule has 0 atom stereocenters. The Morgan fingerprint density at radius 2 is 2.05 bits per heavy atom. The van der Waals surface area contributed by atoms with Crippen LogP contribution in [0.5, 0.6) is 0 Å². The van der Waals surface area contributed by atoms with Gasteiger partial charge in [-0.1, -0.05) is 39.0 Å². The Hall–Kier alpha value is -1.16. The average Bonchev–Trinajstić information content (AvgIpc) is 2.81. The minimum atomic E-state index is -0.0126. The van der Waals surface area contributed by atoms with Gasteiger partial charge in [-0.3, -0.25) is 4.79 Å². The summed E-state index contributed by atoms with van der Waals surface area (Å²) in [6.45, 7) is 4.94. The Morgan fingerprint density at radius 1 is 1.32 bits per heavy atom. The van der Waals surface area contributed by atoms with Gasteiger partial charge in [0, 0.05) is 17.5 Å². The summed E-state index contributed by atoms with van der Waals surface area (Å²) >= 11 is 1.55. The Morgan fingerprint density at radius 3 is 2.74 bits per heavy atom. The van der Waals surface area contributed by atoms with Crippen LogP contribution < -0.4 is 5.32 Å². The zero-order valence-corrected chi connectivity index (χ0v) is 12.8. The van der Waals surface area contributed by atoms with Gasteiger partial charge in [0.2, 0.25) is 5.91 Å². The van der Waals surface area contributed by atoms with Crippen molar-refractivity contribution in [2.75, 3.05) is 6.54 Å². The molecule has 19 heavy (non-hydrogen) atoms. The van der Waals surface area contributed by atoms with E-state index in [1.54, 1.807) is 22.9 Å². The van der Waals surface area contributed by atoms with Crippen molar-refractivity contribution in [3.8, 4) is 0 Å². The minimum absolute atomic E-state index is 0.0126. The molecule has 3 nitrogen and oxygen atoms in total. The fourth-order valence-electron chi connectivity index (χ4n) is 1.80. The molecular formula is C15H24N2OS. The number of hydrogen-bond donors (Lipinski definition) is 1. The van der Waals surface area contributed by atoms with E-state index in [9.17, 15) is 4.79 Å². The monoisotopic (exact) mass is 280 g/mol. The second kappa shape index (κ2) is 9.73. The first-order valence-electron chi connectivity index (χ1n) is 7.10. The van der Waals surface area contributed by atoms with Crippen molar-refractivity contribution in [3.63, 3.8) is 0 Å². The molecule has 0 aromatic carbocycles. The molecule has 0 fully saturated rings. The SMILES string of the molecule is CCCCCCCCNC(=O)/C=C/c1scnc1C. The molecule has 1 heterocycles. The smallest absolute Gasteiger partial charge is 0.244 e. The molecule has 0 radical (unpaired) electrons. The molecule has 1 aromatic heterocycles. The molecule has 0 unspecified atom stereocenters. The number of thiazole rings is 1. The fourth-order valence-corrected chi connectivity index (χ4v) is 2.49. The Balaban J connectivity index is 2.08. The summed E-state index contributed by atoms with van der Waals surface area (Å²) in [5.41, 5.74) is 2.77. The van der Waals surface area contributed by atoms with Gasteiger partial charge in [-0.2, -0.15) is 0 Å². The highest BCUT2D eigenvalue weighted by Gasteiger charge is 1.98. The molecule has 1 rings (SSSR count). The van der Waals surface area contributed by atoms with Crippen LogP contribution in [0, 0.1) is 6.92 Å². The lowest BCUT2D eigenvalue weighted by molar-refractivity contribution is -0.116. The Kier molecular flexibility index (Phi) is 8.14. The summed E-state index contributed by atoms with van der Waals surface area (Å²) in [6, 6.07) is 0. The highest BCUT2D eigenvalue weighted by atomic mass is 32.1. The first-order valence-corrected chi connectivity index (χ1v) is 7.98. The largest absolute Gasteiger partial charge is 0.353 e. The van der Waals surface area contributed by atoms with E-state index in [2.05, 4.69) is 17.2 Å². The molecule has 0 aliphatic heterocycles. The standard InChI is InChI=1S/C15H24N2OS/c1-3-4-5-6-7-8-11-16-15(18)10-9-14-13(2)17-12-19-14/h9-10,12H,3-8,11H2,1-2H3,(H,16,18)/b10-9+. The number of unbranched alkanes of at least 4 members (excludes halogenated alkanes) is 5. The zero-order valence-electron chi connectivity index (χ0n) is 11.9. The summed E-state index contributed by atoms with van der Waals surface area (Å²) < 4.78 is 0. The summed E-state index contributed by atoms with van der Waals surface area (Å²) in [4.78, 5) is 16.8. The molecule has 106 valence electrons. The van der Waals surface area contributed by atoms with Crippen molar-refractivity contribution in [2.45, 2.75) is 52.4 Å². The lowest BCUT2D eigenvalue weighted by atomic mass is 10.1. The van der Waals surface area contributed by atoms with E-state index in [1.165, 1.54) is 32.1 Å². The van der Waals surface area contributed by atoms with E-state index in [0.717, 1.165) is 23.5 Å². The Bertz CT molecular complexity index is 399. The topological polar surface area (TPSA) is 42.0 Å². The van der Waals surface area contributed by atoms with Gasteiger partial charge >= 0.3 is 0 Å². The molecule has 1 aromatic rings. The highest BCUT2D eigenvalue weighted by molar-refractivity contribution is 7.10. The van der Waals surface area contributed by atoms with Crippen molar-refractivity contribution >= 4 is 23.3 Å². The lowest BCUT2D eigenvalue weighted by Gasteiger charge is -2.02. The van der Waals surface area contributed by atoms with Crippen molar-refractivity contribution in [2.24, 2.45) is 0 Å². The first kappa shape index (κ1) is 15.9. The van der Waals surface area contributed by atoms with Crippen LogP contribution in [0.25, 0.3) is 6.08 Å². The number of aromatic nitrogens is 1. The van der Waals surface area contributed by atoms with E-state index in [1.807, 2.05) is 13.0 Å². The third-order valence-electron chi connectivity index (χ3n) is 3.00.